The lowest BCUT2D eigenvalue weighted by Crippen LogP contribution is -2.26. The van der Waals surface area contributed by atoms with Crippen LogP contribution >= 0.6 is 0 Å². The highest BCUT2D eigenvalue weighted by Gasteiger charge is 2.22. The average molecular weight is 251 g/mol. The maximum Gasteiger partial charge on any atom is 0.273 e. The van der Waals surface area contributed by atoms with Crippen LogP contribution in [0.25, 0.3) is 0 Å². The summed E-state index contributed by atoms with van der Waals surface area (Å²) in [5.74, 6) is 0.329. The Kier molecular flexibility index (Phi) is 4.06. The molecule has 0 saturated carbocycles. The number of ketones is 1. The molecule has 0 fully saturated rings. The van der Waals surface area contributed by atoms with Crippen LogP contribution in [0.5, 0.6) is 5.75 Å². The lowest BCUT2D eigenvalue weighted by molar-refractivity contribution is -0.384. The van der Waals surface area contributed by atoms with Crippen LogP contribution in [0.4, 0.5) is 5.69 Å². The zero-order valence-corrected chi connectivity index (χ0v) is 11.0. The molecule has 0 aliphatic heterocycles. The number of nitro groups is 1. The van der Waals surface area contributed by atoms with Crippen molar-refractivity contribution in [3.05, 3.63) is 33.9 Å². The molecule has 0 heterocycles. The summed E-state index contributed by atoms with van der Waals surface area (Å²) < 4.78 is 5.36. The summed E-state index contributed by atoms with van der Waals surface area (Å²) in [6.07, 6.45) is 0. The first-order valence-electron chi connectivity index (χ1n) is 5.63. The molecule has 0 N–H and O–H groups in total. The van der Waals surface area contributed by atoms with E-state index >= 15 is 0 Å². The summed E-state index contributed by atoms with van der Waals surface area (Å²) in [6, 6.07) is 4.36. The molecular formula is C13H17NO4. The zero-order chi connectivity index (χ0) is 13.9. The van der Waals surface area contributed by atoms with Crippen molar-refractivity contribution in [3.8, 4) is 5.75 Å². The second-order valence-electron chi connectivity index (χ2n) is 5.17. The smallest absolute Gasteiger partial charge is 0.273 e. The average Bonchev–Trinajstić information content (AvgIpc) is 2.25. The Morgan fingerprint density at radius 1 is 1.39 bits per heavy atom. The van der Waals surface area contributed by atoms with E-state index in [9.17, 15) is 14.9 Å². The molecule has 0 radical (unpaired) electrons. The topological polar surface area (TPSA) is 69.4 Å². The molecule has 0 spiro atoms. The number of carbonyl (C=O) groups is 1. The first-order valence-corrected chi connectivity index (χ1v) is 5.63. The zero-order valence-electron chi connectivity index (χ0n) is 11.0. The molecule has 0 aromatic heterocycles. The van der Waals surface area contributed by atoms with Gasteiger partial charge in [0.1, 0.15) is 12.4 Å². The number of carbonyl (C=O) groups excluding carboxylic acids is 1. The number of non-ortho nitro benzene ring substituents is 1. The third-order valence-corrected chi connectivity index (χ3v) is 2.58. The molecule has 1 aromatic carbocycles. The number of benzene rings is 1. The molecule has 98 valence electrons. The molecule has 0 aliphatic rings. The van der Waals surface area contributed by atoms with Crippen molar-refractivity contribution in [2.24, 2.45) is 5.41 Å². The Balaban J connectivity index is 2.82. The van der Waals surface area contributed by atoms with Gasteiger partial charge in [-0.25, -0.2) is 0 Å². The van der Waals surface area contributed by atoms with Gasteiger partial charge in [0.2, 0.25) is 0 Å². The van der Waals surface area contributed by atoms with E-state index in [-0.39, 0.29) is 18.1 Å². The summed E-state index contributed by atoms with van der Waals surface area (Å²) in [4.78, 5) is 21.9. The lowest BCUT2D eigenvalue weighted by Gasteiger charge is -2.17. The van der Waals surface area contributed by atoms with Gasteiger partial charge in [-0.15, -0.1) is 0 Å². The van der Waals surface area contributed by atoms with Crippen molar-refractivity contribution in [1.29, 1.82) is 0 Å². The van der Waals surface area contributed by atoms with E-state index < -0.39 is 10.3 Å². The van der Waals surface area contributed by atoms with E-state index in [1.54, 1.807) is 33.8 Å². The summed E-state index contributed by atoms with van der Waals surface area (Å²) in [5.41, 5.74) is 0.246. The van der Waals surface area contributed by atoms with E-state index in [0.717, 1.165) is 5.56 Å². The van der Waals surface area contributed by atoms with Crippen LogP contribution in [0.2, 0.25) is 0 Å². The van der Waals surface area contributed by atoms with Crippen LogP contribution in [0.15, 0.2) is 18.2 Å². The molecular weight excluding hydrogens is 234 g/mol. The number of hydrogen-bond acceptors (Lipinski definition) is 4. The van der Waals surface area contributed by atoms with Crippen LogP contribution < -0.4 is 4.74 Å². The van der Waals surface area contributed by atoms with Crippen molar-refractivity contribution in [2.45, 2.75) is 27.7 Å². The third kappa shape index (κ3) is 3.55. The standard InChI is InChI=1S/C13H17NO4/c1-9-5-6-10(14(16)17)7-11(9)18-8-12(15)13(2,3)4/h5-7H,8H2,1-4H3. The fraction of sp³-hybridized carbons (Fsp3) is 0.462. The van der Waals surface area contributed by atoms with E-state index in [1.807, 2.05) is 0 Å². The SMILES string of the molecule is Cc1ccc([N+](=O)[O-])cc1OCC(=O)C(C)(C)C. The Morgan fingerprint density at radius 2 is 2.00 bits per heavy atom. The quantitative estimate of drug-likeness (QED) is 0.609. The van der Waals surface area contributed by atoms with E-state index in [0.29, 0.717) is 5.75 Å². The predicted molar refractivity (Wildman–Crippen MR) is 67.8 cm³/mol. The third-order valence-electron chi connectivity index (χ3n) is 2.58. The fourth-order valence-corrected chi connectivity index (χ4v) is 1.22. The van der Waals surface area contributed by atoms with Gasteiger partial charge in [-0.05, 0) is 18.6 Å². The minimum absolute atomic E-state index is 0.0428. The molecule has 1 rings (SSSR count). The Bertz CT molecular complexity index is 474. The summed E-state index contributed by atoms with van der Waals surface area (Å²) in [7, 11) is 0. The number of nitro benzene ring substituents is 1. The Hall–Kier alpha value is -1.91. The minimum Gasteiger partial charge on any atom is -0.485 e. The molecule has 5 heteroatoms. The molecule has 0 aliphatic carbocycles. The van der Waals surface area contributed by atoms with Crippen LogP contribution in [0.1, 0.15) is 26.3 Å². The van der Waals surface area contributed by atoms with Gasteiger partial charge in [0, 0.05) is 11.5 Å². The Morgan fingerprint density at radius 3 is 2.50 bits per heavy atom. The summed E-state index contributed by atoms with van der Waals surface area (Å²) in [6.45, 7) is 7.11. The molecule has 0 atom stereocenters. The Labute approximate surface area is 106 Å². The van der Waals surface area contributed by atoms with E-state index in [1.165, 1.54) is 12.1 Å². The van der Waals surface area contributed by atoms with Crippen molar-refractivity contribution >= 4 is 11.5 Å². The van der Waals surface area contributed by atoms with Gasteiger partial charge in [0.15, 0.2) is 5.78 Å². The number of nitrogens with zero attached hydrogens (tertiary/aromatic N) is 1. The second kappa shape index (κ2) is 5.16. The van der Waals surface area contributed by atoms with Gasteiger partial charge < -0.3 is 4.74 Å². The van der Waals surface area contributed by atoms with Crippen LogP contribution in [-0.4, -0.2) is 17.3 Å². The monoisotopic (exact) mass is 251 g/mol. The van der Waals surface area contributed by atoms with Crippen molar-refractivity contribution in [2.75, 3.05) is 6.61 Å². The number of ether oxygens (including phenoxy) is 1. The van der Waals surface area contributed by atoms with Gasteiger partial charge in [-0.3, -0.25) is 14.9 Å². The number of hydrogen-bond donors (Lipinski definition) is 0. The fourth-order valence-electron chi connectivity index (χ4n) is 1.22. The predicted octanol–water partition coefficient (Wildman–Crippen LogP) is 2.90. The van der Waals surface area contributed by atoms with E-state index in [4.69, 9.17) is 4.74 Å². The highest BCUT2D eigenvalue weighted by atomic mass is 16.6. The van der Waals surface area contributed by atoms with Gasteiger partial charge in [-0.2, -0.15) is 0 Å². The number of rotatable bonds is 4. The van der Waals surface area contributed by atoms with Crippen molar-refractivity contribution < 1.29 is 14.5 Å². The van der Waals surface area contributed by atoms with Gasteiger partial charge in [0.05, 0.1) is 11.0 Å². The first-order chi connectivity index (χ1) is 8.21. The number of Topliss-reactive ketones (excluding diaryl/α,β-unsaturated/α-hetero) is 1. The summed E-state index contributed by atoms with van der Waals surface area (Å²) in [5, 5.41) is 10.6. The normalized spacial score (nSPS) is 11.1. The number of aryl methyl sites for hydroxylation is 1. The molecule has 0 unspecified atom stereocenters. The van der Waals surface area contributed by atoms with Crippen molar-refractivity contribution in [3.63, 3.8) is 0 Å². The minimum atomic E-state index is -0.488. The van der Waals surface area contributed by atoms with E-state index in [2.05, 4.69) is 0 Å². The second-order valence-corrected chi connectivity index (χ2v) is 5.17. The van der Waals surface area contributed by atoms with Crippen LogP contribution in [0, 0.1) is 22.5 Å². The van der Waals surface area contributed by atoms with Crippen LogP contribution in [0.3, 0.4) is 0 Å². The molecule has 0 amide bonds. The maximum absolute atomic E-state index is 11.7. The highest BCUT2D eigenvalue weighted by molar-refractivity contribution is 5.85. The lowest BCUT2D eigenvalue weighted by atomic mass is 9.91. The molecule has 0 saturated heterocycles. The van der Waals surface area contributed by atoms with Gasteiger partial charge in [-0.1, -0.05) is 20.8 Å². The molecule has 0 bridgehead atoms. The van der Waals surface area contributed by atoms with Crippen molar-refractivity contribution in [1.82, 2.24) is 0 Å². The van der Waals surface area contributed by atoms with Gasteiger partial charge in [0.25, 0.3) is 5.69 Å². The first kappa shape index (κ1) is 14.2. The summed E-state index contributed by atoms with van der Waals surface area (Å²) >= 11 is 0. The molecule has 5 nitrogen and oxygen atoms in total. The highest BCUT2D eigenvalue weighted by Crippen LogP contribution is 2.24. The largest absolute Gasteiger partial charge is 0.485 e. The van der Waals surface area contributed by atoms with Gasteiger partial charge >= 0.3 is 0 Å². The van der Waals surface area contributed by atoms with Crippen LogP contribution in [-0.2, 0) is 4.79 Å². The molecule has 18 heavy (non-hydrogen) atoms. The maximum atomic E-state index is 11.7. The molecule has 1 aromatic rings.